The molecule has 5 nitrogen and oxygen atoms in total. The fourth-order valence-corrected chi connectivity index (χ4v) is 3.46. The van der Waals surface area contributed by atoms with E-state index in [-0.39, 0.29) is 17.2 Å². The Morgan fingerprint density at radius 2 is 1.96 bits per heavy atom. The first-order chi connectivity index (χ1) is 13.1. The van der Waals surface area contributed by atoms with E-state index in [2.05, 4.69) is 9.88 Å². The highest BCUT2D eigenvalue weighted by molar-refractivity contribution is 5.76. The molecule has 7 heteroatoms. The molecule has 0 N–H and O–H groups in total. The molecule has 2 fully saturated rings. The predicted octanol–water partition coefficient (Wildman–Crippen LogP) is 3.11. The van der Waals surface area contributed by atoms with Crippen LogP contribution >= 0.6 is 0 Å². The summed E-state index contributed by atoms with van der Waals surface area (Å²) in [6, 6.07) is 3.30. The highest BCUT2D eigenvalue weighted by Gasteiger charge is 2.27. The summed E-state index contributed by atoms with van der Waals surface area (Å²) in [4.78, 5) is 20.9. The molecule has 0 radical (unpaired) electrons. The average molecular weight is 375 g/mol. The van der Waals surface area contributed by atoms with Crippen LogP contribution in [0.4, 0.5) is 8.78 Å². The summed E-state index contributed by atoms with van der Waals surface area (Å²) in [5.74, 6) is 0.251. The molecule has 144 valence electrons. The van der Waals surface area contributed by atoms with Crippen LogP contribution in [-0.4, -0.2) is 53.4 Å². The molecule has 1 saturated heterocycles. The number of carbonyl (C=O) groups excluding carboxylic acids is 1. The number of halogens is 2. The number of piperazine rings is 1. The summed E-state index contributed by atoms with van der Waals surface area (Å²) in [6.07, 6.45) is 4.78. The van der Waals surface area contributed by atoms with Crippen molar-refractivity contribution in [3.8, 4) is 11.3 Å². The van der Waals surface area contributed by atoms with Gasteiger partial charge in [-0.15, -0.1) is 0 Å². The van der Waals surface area contributed by atoms with Crippen molar-refractivity contribution in [2.75, 3.05) is 32.7 Å². The van der Waals surface area contributed by atoms with Crippen molar-refractivity contribution < 1.29 is 18.0 Å². The third-order valence-electron chi connectivity index (χ3n) is 5.24. The van der Waals surface area contributed by atoms with Crippen molar-refractivity contribution in [2.45, 2.75) is 25.7 Å². The molecule has 0 bridgehead atoms. The van der Waals surface area contributed by atoms with E-state index in [1.165, 1.54) is 37.7 Å². The van der Waals surface area contributed by atoms with Crippen LogP contribution in [0.25, 0.3) is 11.3 Å². The van der Waals surface area contributed by atoms with Crippen molar-refractivity contribution >= 4 is 5.91 Å². The van der Waals surface area contributed by atoms with Gasteiger partial charge in [-0.3, -0.25) is 9.69 Å². The van der Waals surface area contributed by atoms with E-state index in [0.29, 0.717) is 18.7 Å². The Hall–Kier alpha value is -2.28. The minimum absolute atomic E-state index is 0.0915. The zero-order chi connectivity index (χ0) is 18.8. The Balaban J connectivity index is 1.27. The Kier molecular flexibility index (Phi) is 5.20. The van der Waals surface area contributed by atoms with Gasteiger partial charge in [0.25, 0.3) is 0 Å². The molecule has 0 unspecified atom stereocenters. The fourth-order valence-electron chi connectivity index (χ4n) is 3.46. The Morgan fingerprint density at radius 1 is 1.19 bits per heavy atom. The summed E-state index contributed by atoms with van der Waals surface area (Å²) < 4.78 is 32.4. The van der Waals surface area contributed by atoms with Crippen molar-refractivity contribution in [2.24, 2.45) is 5.92 Å². The molecule has 4 rings (SSSR count). The SMILES string of the molecule is O=C(CCc1ncc(-c2ccc(F)cc2F)o1)N1CCN(CC2CC2)CC1. The van der Waals surface area contributed by atoms with Crippen LogP contribution in [-0.2, 0) is 11.2 Å². The number of nitrogens with zero attached hydrogens (tertiary/aromatic N) is 3. The lowest BCUT2D eigenvalue weighted by Crippen LogP contribution is -2.49. The molecule has 2 heterocycles. The van der Waals surface area contributed by atoms with Crippen molar-refractivity contribution in [3.05, 3.63) is 41.9 Å². The van der Waals surface area contributed by atoms with E-state index in [9.17, 15) is 13.6 Å². The van der Waals surface area contributed by atoms with E-state index in [1.54, 1.807) is 0 Å². The van der Waals surface area contributed by atoms with Gasteiger partial charge in [0.15, 0.2) is 11.7 Å². The molecule has 1 aliphatic heterocycles. The molecule has 1 amide bonds. The fraction of sp³-hybridized carbons (Fsp3) is 0.500. The second-order valence-electron chi connectivity index (χ2n) is 7.37. The summed E-state index contributed by atoms with van der Waals surface area (Å²) in [7, 11) is 0. The molecule has 2 aromatic rings. The molecule has 0 spiro atoms. The number of hydrogen-bond acceptors (Lipinski definition) is 4. The second-order valence-corrected chi connectivity index (χ2v) is 7.37. The van der Waals surface area contributed by atoms with Crippen molar-refractivity contribution in [1.29, 1.82) is 0 Å². The number of oxazole rings is 1. The maximum absolute atomic E-state index is 13.8. The number of hydrogen-bond donors (Lipinski definition) is 0. The standard InChI is InChI=1S/C20H23F2N3O2/c21-15-3-4-16(17(22)11-15)18-12-23-19(27-18)5-6-20(26)25-9-7-24(8-10-25)13-14-1-2-14/h3-4,11-12,14H,1-2,5-10,13H2. The van der Waals surface area contributed by atoms with Gasteiger partial charge in [0.2, 0.25) is 5.91 Å². The lowest BCUT2D eigenvalue weighted by Gasteiger charge is -2.34. The topological polar surface area (TPSA) is 49.6 Å². The zero-order valence-electron chi connectivity index (χ0n) is 15.2. The third-order valence-corrected chi connectivity index (χ3v) is 5.24. The van der Waals surface area contributed by atoms with Crippen LogP contribution in [0.2, 0.25) is 0 Å². The molecular formula is C20H23F2N3O2. The monoisotopic (exact) mass is 375 g/mol. The first-order valence-electron chi connectivity index (χ1n) is 9.49. The van der Waals surface area contributed by atoms with Gasteiger partial charge in [0.05, 0.1) is 11.8 Å². The first kappa shape index (κ1) is 18.1. The predicted molar refractivity (Wildman–Crippen MR) is 95.9 cm³/mol. The number of amides is 1. The summed E-state index contributed by atoms with van der Waals surface area (Å²) in [5, 5.41) is 0. The highest BCUT2D eigenvalue weighted by atomic mass is 19.1. The minimum Gasteiger partial charge on any atom is -0.441 e. The average Bonchev–Trinajstić information content (AvgIpc) is 3.35. The van der Waals surface area contributed by atoms with Gasteiger partial charge in [-0.1, -0.05) is 0 Å². The Morgan fingerprint density at radius 3 is 2.67 bits per heavy atom. The van der Waals surface area contributed by atoms with Gasteiger partial charge in [-0.05, 0) is 30.9 Å². The smallest absolute Gasteiger partial charge is 0.223 e. The molecule has 2 aliphatic rings. The van der Waals surface area contributed by atoms with Crippen molar-refractivity contribution in [3.63, 3.8) is 0 Å². The van der Waals surface area contributed by atoms with Gasteiger partial charge in [0.1, 0.15) is 11.6 Å². The Labute approximate surface area is 157 Å². The largest absolute Gasteiger partial charge is 0.441 e. The molecular weight excluding hydrogens is 352 g/mol. The maximum atomic E-state index is 13.8. The summed E-state index contributed by atoms with van der Waals surface area (Å²) >= 11 is 0. The lowest BCUT2D eigenvalue weighted by molar-refractivity contribution is -0.133. The minimum atomic E-state index is -0.696. The molecule has 27 heavy (non-hydrogen) atoms. The van der Waals surface area contributed by atoms with E-state index in [1.807, 2.05) is 4.90 Å². The van der Waals surface area contributed by atoms with E-state index in [0.717, 1.165) is 38.2 Å². The number of carbonyl (C=O) groups is 1. The normalized spacial score (nSPS) is 18.1. The molecule has 1 aliphatic carbocycles. The van der Waals surface area contributed by atoms with Gasteiger partial charge in [0, 0.05) is 51.6 Å². The number of rotatable bonds is 6. The quantitative estimate of drug-likeness (QED) is 0.779. The molecule has 1 aromatic carbocycles. The number of aromatic nitrogens is 1. The van der Waals surface area contributed by atoms with E-state index >= 15 is 0 Å². The van der Waals surface area contributed by atoms with Crippen LogP contribution in [0.15, 0.2) is 28.8 Å². The molecule has 1 aromatic heterocycles. The number of aryl methyl sites for hydroxylation is 1. The zero-order valence-corrected chi connectivity index (χ0v) is 15.2. The second kappa shape index (κ2) is 7.76. The lowest BCUT2D eigenvalue weighted by atomic mass is 10.2. The van der Waals surface area contributed by atoms with Crippen LogP contribution in [0.5, 0.6) is 0 Å². The van der Waals surface area contributed by atoms with Crippen LogP contribution in [0.1, 0.15) is 25.2 Å². The molecule has 1 saturated carbocycles. The van der Waals surface area contributed by atoms with Crippen molar-refractivity contribution in [1.82, 2.24) is 14.8 Å². The van der Waals surface area contributed by atoms with E-state index < -0.39 is 11.6 Å². The first-order valence-corrected chi connectivity index (χ1v) is 9.49. The summed E-state index contributed by atoms with van der Waals surface area (Å²) in [6.45, 7) is 4.58. The van der Waals surface area contributed by atoms with Gasteiger partial charge >= 0.3 is 0 Å². The van der Waals surface area contributed by atoms with Crippen LogP contribution < -0.4 is 0 Å². The van der Waals surface area contributed by atoms with E-state index in [4.69, 9.17) is 4.42 Å². The van der Waals surface area contributed by atoms with Gasteiger partial charge in [-0.25, -0.2) is 13.8 Å². The third kappa shape index (κ3) is 4.53. The van der Waals surface area contributed by atoms with Gasteiger partial charge in [-0.2, -0.15) is 0 Å². The Bertz CT molecular complexity index is 811. The molecule has 0 atom stereocenters. The van der Waals surface area contributed by atoms with Crippen LogP contribution in [0, 0.1) is 17.6 Å². The van der Waals surface area contributed by atoms with Crippen LogP contribution in [0.3, 0.4) is 0 Å². The number of benzene rings is 1. The highest BCUT2D eigenvalue weighted by Crippen LogP contribution is 2.30. The summed E-state index contributed by atoms with van der Waals surface area (Å²) in [5.41, 5.74) is 0.160. The van der Waals surface area contributed by atoms with Gasteiger partial charge < -0.3 is 9.32 Å². The maximum Gasteiger partial charge on any atom is 0.223 e.